The van der Waals surface area contributed by atoms with Crippen molar-refractivity contribution in [1.82, 2.24) is 0 Å². The highest BCUT2D eigenvalue weighted by atomic mass is 16.5. The first-order chi connectivity index (χ1) is 11.8. The second kappa shape index (κ2) is 8.00. The fourth-order valence-electron chi connectivity index (χ4n) is 3.16. The van der Waals surface area contributed by atoms with Crippen LogP contribution in [0.5, 0.6) is 5.75 Å². The van der Waals surface area contributed by atoms with Gasteiger partial charge in [0.25, 0.3) is 0 Å². The number of hydrogen-bond donors (Lipinski definition) is 0. The van der Waals surface area contributed by atoms with Crippen molar-refractivity contribution in [1.29, 1.82) is 0 Å². The number of benzene rings is 2. The molecule has 0 heterocycles. The number of esters is 1. The van der Waals surface area contributed by atoms with Gasteiger partial charge in [-0.2, -0.15) is 0 Å². The van der Waals surface area contributed by atoms with Crippen molar-refractivity contribution in [3.05, 3.63) is 65.2 Å². The minimum atomic E-state index is -0.0811. The van der Waals surface area contributed by atoms with Crippen LogP contribution in [-0.2, 0) is 29.0 Å². The maximum absolute atomic E-state index is 11.7. The van der Waals surface area contributed by atoms with Crippen molar-refractivity contribution in [2.45, 2.75) is 51.7 Å². The zero-order chi connectivity index (χ0) is 16.8. The SMILES string of the molecule is CCCC(=O)OC1CCc2c(cccc2OCc2ccccc2)C1. The van der Waals surface area contributed by atoms with Crippen LogP contribution in [0.1, 0.15) is 42.9 Å². The van der Waals surface area contributed by atoms with E-state index >= 15 is 0 Å². The first-order valence-corrected chi connectivity index (χ1v) is 8.73. The highest BCUT2D eigenvalue weighted by molar-refractivity contribution is 5.69. The third-order valence-corrected chi connectivity index (χ3v) is 4.38. The molecule has 0 N–H and O–H groups in total. The Morgan fingerprint density at radius 2 is 1.96 bits per heavy atom. The largest absolute Gasteiger partial charge is 0.489 e. The third kappa shape index (κ3) is 4.16. The third-order valence-electron chi connectivity index (χ3n) is 4.38. The van der Waals surface area contributed by atoms with E-state index in [1.54, 1.807) is 0 Å². The standard InChI is InChI=1S/C21H24O3/c1-2-7-21(22)24-18-12-13-19-17(14-18)10-6-11-20(19)23-15-16-8-4-3-5-9-16/h3-6,8-11,18H,2,7,12-15H2,1H3. The molecule has 1 aliphatic rings. The van der Waals surface area contributed by atoms with Crippen LogP contribution in [-0.4, -0.2) is 12.1 Å². The second-order valence-electron chi connectivity index (χ2n) is 6.27. The van der Waals surface area contributed by atoms with E-state index < -0.39 is 0 Å². The number of carbonyl (C=O) groups excluding carboxylic acids is 1. The molecule has 0 radical (unpaired) electrons. The summed E-state index contributed by atoms with van der Waals surface area (Å²) in [6, 6.07) is 16.4. The molecule has 1 unspecified atom stereocenters. The predicted octanol–water partition coefficient (Wildman–Crippen LogP) is 4.47. The van der Waals surface area contributed by atoms with Gasteiger partial charge >= 0.3 is 5.97 Å². The molecule has 0 saturated carbocycles. The maximum Gasteiger partial charge on any atom is 0.306 e. The lowest BCUT2D eigenvalue weighted by molar-refractivity contribution is -0.149. The maximum atomic E-state index is 11.7. The molecule has 126 valence electrons. The Morgan fingerprint density at radius 3 is 2.75 bits per heavy atom. The van der Waals surface area contributed by atoms with E-state index in [4.69, 9.17) is 9.47 Å². The van der Waals surface area contributed by atoms with Gasteiger partial charge in [-0.15, -0.1) is 0 Å². The minimum Gasteiger partial charge on any atom is -0.489 e. The molecule has 0 amide bonds. The van der Waals surface area contributed by atoms with Crippen molar-refractivity contribution in [3.8, 4) is 5.75 Å². The highest BCUT2D eigenvalue weighted by Crippen LogP contribution is 2.31. The second-order valence-corrected chi connectivity index (χ2v) is 6.27. The molecule has 2 aromatic carbocycles. The van der Waals surface area contributed by atoms with Crippen molar-refractivity contribution in [3.63, 3.8) is 0 Å². The van der Waals surface area contributed by atoms with Gasteiger partial charge in [0.2, 0.25) is 0 Å². The topological polar surface area (TPSA) is 35.5 Å². The fraction of sp³-hybridized carbons (Fsp3) is 0.381. The van der Waals surface area contributed by atoms with E-state index in [1.807, 2.05) is 37.3 Å². The van der Waals surface area contributed by atoms with Gasteiger partial charge in [0.1, 0.15) is 18.5 Å². The zero-order valence-electron chi connectivity index (χ0n) is 14.2. The summed E-state index contributed by atoms with van der Waals surface area (Å²) in [5.74, 6) is 0.872. The van der Waals surface area contributed by atoms with Crippen LogP contribution in [0.25, 0.3) is 0 Å². The molecule has 0 aliphatic heterocycles. The molecule has 24 heavy (non-hydrogen) atoms. The predicted molar refractivity (Wildman–Crippen MR) is 94.0 cm³/mol. The summed E-state index contributed by atoms with van der Waals surface area (Å²) in [5.41, 5.74) is 3.66. The van der Waals surface area contributed by atoms with Crippen LogP contribution >= 0.6 is 0 Å². The van der Waals surface area contributed by atoms with Crippen LogP contribution in [0.15, 0.2) is 48.5 Å². The van der Waals surface area contributed by atoms with Gasteiger partial charge in [-0.05, 0) is 42.0 Å². The summed E-state index contributed by atoms with van der Waals surface area (Å²) in [7, 11) is 0. The molecule has 1 aliphatic carbocycles. The first kappa shape index (κ1) is 16.6. The molecule has 0 bridgehead atoms. The molecule has 1 atom stereocenters. The van der Waals surface area contributed by atoms with Crippen molar-refractivity contribution < 1.29 is 14.3 Å². The van der Waals surface area contributed by atoms with Crippen LogP contribution in [0.2, 0.25) is 0 Å². The van der Waals surface area contributed by atoms with Crippen LogP contribution in [0, 0.1) is 0 Å². The van der Waals surface area contributed by atoms with Gasteiger partial charge in [0, 0.05) is 12.8 Å². The van der Waals surface area contributed by atoms with Crippen molar-refractivity contribution in [2.24, 2.45) is 0 Å². The van der Waals surface area contributed by atoms with Gasteiger partial charge in [-0.1, -0.05) is 49.4 Å². The Kier molecular flexibility index (Phi) is 5.52. The Labute approximate surface area is 143 Å². The quantitative estimate of drug-likeness (QED) is 0.736. The number of hydrogen-bond acceptors (Lipinski definition) is 3. The molecular weight excluding hydrogens is 300 g/mol. The summed E-state index contributed by atoms with van der Waals surface area (Å²) in [5, 5.41) is 0. The summed E-state index contributed by atoms with van der Waals surface area (Å²) in [6.07, 6.45) is 3.88. The molecule has 0 fully saturated rings. The van der Waals surface area contributed by atoms with Gasteiger partial charge in [-0.3, -0.25) is 4.79 Å². The van der Waals surface area contributed by atoms with Crippen molar-refractivity contribution >= 4 is 5.97 Å². The lowest BCUT2D eigenvalue weighted by Gasteiger charge is -2.26. The van der Waals surface area contributed by atoms with E-state index in [2.05, 4.69) is 18.2 Å². The van der Waals surface area contributed by atoms with Gasteiger partial charge in [-0.25, -0.2) is 0 Å². The summed E-state index contributed by atoms with van der Waals surface area (Å²) < 4.78 is 11.6. The summed E-state index contributed by atoms with van der Waals surface area (Å²) in [6.45, 7) is 2.57. The van der Waals surface area contributed by atoms with E-state index in [9.17, 15) is 4.79 Å². The minimum absolute atomic E-state index is 0.000855. The van der Waals surface area contributed by atoms with Gasteiger partial charge < -0.3 is 9.47 Å². The molecule has 2 aromatic rings. The number of fused-ring (bicyclic) bond motifs is 1. The van der Waals surface area contributed by atoms with Crippen LogP contribution in [0.4, 0.5) is 0 Å². The number of rotatable bonds is 6. The van der Waals surface area contributed by atoms with E-state index in [-0.39, 0.29) is 12.1 Å². The molecular formula is C21H24O3. The lowest BCUT2D eigenvalue weighted by Crippen LogP contribution is -2.25. The van der Waals surface area contributed by atoms with E-state index in [0.717, 1.165) is 37.0 Å². The van der Waals surface area contributed by atoms with Crippen LogP contribution < -0.4 is 4.74 Å². The Balaban J connectivity index is 1.65. The zero-order valence-corrected chi connectivity index (χ0v) is 14.2. The number of carbonyl (C=O) groups is 1. The fourth-order valence-corrected chi connectivity index (χ4v) is 3.16. The smallest absolute Gasteiger partial charge is 0.306 e. The number of ether oxygens (including phenoxy) is 2. The molecule has 3 heteroatoms. The van der Waals surface area contributed by atoms with Crippen molar-refractivity contribution in [2.75, 3.05) is 0 Å². The normalized spacial score (nSPS) is 16.3. The van der Waals surface area contributed by atoms with E-state index in [1.165, 1.54) is 11.1 Å². The van der Waals surface area contributed by atoms with Gasteiger partial charge in [0.15, 0.2) is 0 Å². The summed E-state index contributed by atoms with van der Waals surface area (Å²) in [4.78, 5) is 11.7. The molecule has 0 saturated heterocycles. The average molecular weight is 324 g/mol. The molecule has 0 spiro atoms. The average Bonchev–Trinajstić information content (AvgIpc) is 2.60. The molecule has 0 aromatic heterocycles. The van der Waals surface area contributed by atoms with Gasteiger partial charge in [0.05, 0.1) is 0 Å². The Hall–Kier alpha value is -2.29. The molecule has 3 nitrogen and oxygen atoms in total. The monoisotopic (exact) mass is 324 g/mol. The Morgan fingerprint density at radius 1 is 1.12 bits per heavy atom. The highest BCUT2D eigenvalue weighted by Gasteiger charge is 2.23. The van der Waals surface area contributed by atoms with Crippen LogP contribution in [0.3, 0.4) is 0 Å². The first-order valence-electron chi connectivity index (χ1n) is 8.73. The Bertz CT molecular complexity index is 679. The summed E-state index contributed by atoms with van der Waals surface area (Å²) >= 11 is 0. The van der Waals surface area contributed by atoms with E-state index in [0.29, 0.717) is 13.0 Å². The lowest BCUT2D eigenvalue weighted by atomic mass is 9.89. The molecule has 3 rings (SSSR count).